The fourth-order valence-electron chi connectivity index (χ4n) is 2.41. The minimum absolute atomic E-state index is 0.0134. The topological polar surface area (TPSA) is 111 Å². The molecule has 138 valence electrons. The van der Waals surface area contributed by atoms with E-state index in [-0.39, 0.29) is 22.9 Å². The Balaban J connectivity index is 2.38. The van der Waals surface area contributed by atoms with Gasteiger partial charge in [-0.2, -0.15) is 0 Å². The molecule has 2 heterocycles. The molecule has 0 aliphatic carbocycles. The van der Waals surface area contributed by atoms with Gasteiger partial charge < -0.3 is 15.8 Å². The Morgan fingerprint density at radius 2 is 2.04 bits per heavy atom. The summed E-state index contributed by atoms with van der Waals surface area (Å²) in [5, 5.41) is 3.03. The van der Waals surface area contributed by atoms with Crippen molar-refractivity contribution < 1.29 is 19.1 Å². The molecular weight excluding hydrogens is 378 g/mol. The molecule has 0 unspecified atom stereocenters. The zero-order chi connectivity index (χ0) is 19.4. The molecule has 2 aromatic rings. The number of aryl methyl sites for hydroxylation is 1. The lowest BCUT2D eigenvalue weighted by atomic mass is 10.1. The Kier molecular flexibility index (Phi) is 6.33. The normalized spacial score (nSPS) is 10.5. The van der Waals surface area contributed by atoms with Gasteiger partial charge in [-0.25, -0.2) is 9.78 Å². The molecule has 2 aromatic heterocycles. The Morgan fingerprint density at radius 3 is 2.58 bits per heavy atom. The molecule has 0 aliphatic rings. The molecule has 0 bridgehead atoms. The number of anilines is 1. The number of nitrogens with two attached hydrogens (primary N) is 1. The van der Waals surface area contributed by atoms with E-state index >= 15 is 0 Å². The first-order valence-electron chi connectivity index (χ1n) is 7.86. The van der Waals surface area contributed by atoms with Crippen molar-refractivity contribution in [3.8, 4) is 0 Å². The monoisotopic (exact) mass is 395 g/mol. The van der Waals surface area contributed by atoms with Crippen LogP contribution in [-0.2, 0) is 11.2 Å². The molecule has 7 nitrogen and oxygen atoms in total. The molecule has 0 aliphatic heterocycles. The third-order valence-corrected chi connectivity index (χ3v) is 4.96. The van der Waals surface area contributed by atoms with Gasteiger partial charge in [0.2, 0.25) is 5.91 Å². The van der Waals surface area contributed by atoms with Crippen molar-refractivity contribution in [1.29, 1.82) is 0 Å². The van der Waals surface area contributed by atoms with Gasteiger partial charge in [0.15, 0.2) is 0 Å². The Morgan fingerprint density at radius 1 is 1.35 bits per heavy atom. The van der Waals surface area contributed by atoms with Gasteiger partial charge in [-0.15, -0.1) is 11.3 Å². The number of thiophene rings is 1. The number of esters is 1. The average molecular weight is 396 g/mol. The number of rotatable bonds is 6. The number of primary amides is 1. The van der Waals surface area contributed by atoms with Gasteiger partial charge in [-0.05, 0) is 31.9 Å². The van der Waals surface area contributed by atoms with Crippen LogP contribution in [0.4, 0.5) is 5.00 Å². The highest BCUT2D eigenvalue weighted by atomic mass is 35.5. The van der Waals surface area contributed by atoms with Crippen LogP contribution < -0.4 is 11.1 Å². The number of ether oxygens (including phenoxy) is 1. The van der Waals surface area contributed by atoms with Gasteiger partial charge in [-0.3, -0.25) is 9.59 Å². The summed E-state index contributed by atoms with van der Waals surface area (Å²) in [6.45, 7) is 5.73. The third-order valence-electron chi connectivity index (χ3n) is 3.61. The predicted octanol–water partition coefficient (Wildman–Crippen LogP) is 3.20. The van der Waals surface area contributed by atoms with E-state index in [4.69, 9.17) is 22.1 Å². The van der Waals surface area contributed by atoms with Crippen LogP contribution in [0.25, 0.3) is 0 Å². The highest BCUT2D eigenvalue weighted by Gasteiger charge is 2.25. The number of hydrogen-bond donors (Lipinski definition) is 2. The van der Waals surface area contributed by atoms with Crippen LogP contribution in [-0.4, -0.2) is 29.4 Å². The minimum atomic E-state index is -0.697. The Hall–Kier alpha value is -2.45. The lowest BCUT2D eigenvalue weighted by Gasteiger charge is -2.08. The molecule has 0 aromatic carbocycles. The molecule has 2 amide bonds. The second-order valence-electron chi connectivity index (χ2n) is 5.29. The fraction of sp³-hybridized carbons (Fsp3) is 0.294. The van der Waals surface area contributed by atoms with E-state index in [2.05, 4.69) is 10.3 Å². The summed E-state index contributed by atoms with van der Waals surface area (Å²) in [5.41, 5.74) is 6.35. The van der Waals surface area contributed by atoms with Crippen LogP contribution in [0.5, 0.6) is 0 Å². The summed E-state index contributed by atoms with van der Waals surface area (Å²) < 4.78 is 5.10. The van der Waals surface area contributed by atoms with E-state index in [9.17, 15) is 14.4 Å². The van der Waals surface area contributed by atoms with Gasteiger partial charge in [0.25, 0.3) is 5.91 Å². The van der Waals surface area contributed by atoms with Gasteiger partial charge in [0.05, 0.1) is 22.8 Å². The molecule has 2 rings (SSSR count). The average Bonchev–Trinajstić information content (AvgIpc) is 2.89. The first-order chi connectivity index (χ1) is 12.3. The summed E-state index contributed by atoms with van der Waals surface area (Å²) >= 11 is 7.31. The number of nitrogens with one attached hydrogen (secondary N) is 1. The SMILES string of the molecule is CCOC(=O)c1c(NC(=O)c2ncc(C(N)=O)cc2Cl)sc(C)c1CC. The van der Waals surface area contributed by atoms with Crippen LogP contribution in [0.2, 0.25) is 5.02 Å². The zero-order valence-electron chi connectivity index (χ0n) is 14.5. The molecule has 0 spiro atoms. The first kappa shape index (κ1) is 19.9. The molecule has 0 atom stereocenters. The van der Waals surface area contributed by atoms with Crippen LogP contribution in [0.15, 0.2) is 12.3 Å². The van der Waals surface area contributed by atoms with Crippen molar-refractivity contribution >= 4 is 45.7 Å². The smallest absolute Gasteiger partial charge is 0.341 e. The van der Waals surface area contributed by atoms with Crippen molar-refractivity contribution in [2.75, 3.05) is 11.9 Å². The number of carbonyl (C=O) groups is 3. The molecule has 3 N–H and O–H groups in total. The molecular formula is C17H18ClN3O4S. The van der Waals surface area contributed by atoms with E-state index < -0.39 is 17.8 Å². The van der Waals surface area contributed by atoms with Crippen molar-refractivity contribution in [3.05, 3.63) is 44.5 Å². The first-order valence-corrected chi connectivity index (χ1v) is 9.05. The summed E-state index contributed by atoms with van der Waals surface area (Å²) in [5.74, 6) is -1.79. The third kappa shape index (κ3) is 4.03. The highest BCUT2D eigenvalue weighted by molar-refractivity contribution is 7.16. The molecule has 26 heavy (non-hydrogen) atoms. The lowest BCUT2D eigenvalue weighted by Crippen LogP contribution is -2.18. The molecule has 0 saturated heterocycles. The van der Waals surface area contributed by atoms with E-state index in [1.165, 1.54) is 23.6 Å². The summed E-state index contributed by atoms with van der Waals surface area (Å²) in [6, 6.07) is 1.27. The van der Waals surface area contributed by atoms with Crippen LogP contribution >= 0.6 is 22.9 Å². The maximum atomic E-state index is 12.5. The second-order valence-corrected chi connectivity index (χ2v) is 6.92. The Bertz CT molecular complexity index is 879. The number of amides is 2. The number of aromatic nitrogens is 1. The quantitative estimate of drug-likeness (QED) is 0.729. The Labute approximate surface area is 159 Å². The van der Waals surface area contributed by atoms with E-state index in [0.29, 0.717) is 17.0 Å². The van der Waals surface area contributed by atoms with Crippen molar-refractivity contribution in [2.45, 2.75) is 27.2 Å². The maximum absolute atomic E-state index is 12.5. The largest absolute Gasteiger partial charge is 0.462 e. The number of carbonyl (C=O) groups excluding carboxylic acids is 3. The van der Waals surface area contributed by atoms with Crippen LogP contribution in [0, 0.1) is 6.92 Å². The van der Waals surface area contributed by atoms with E-state index in [1.807, 2.05) is 13.8 Å². The molecule has 9 heteroatoms. The van der Waals surface area contributed by atoms with E-state index in [1.54, 1.807) is 6.92 Å². The van der Waals surface area contributed by atoms with Gasteiger partial charge in [-0.1, -0.05) is 18.5 Å². The maximum Gasteiger partial charge on any atom is 0.341 e. The van der Waals surface area contributed by atoms with Crippen molar-refractivity contribution in [3.63, 3.8) is 0 Å². The van der Waals surface area contributed by atoms with Crippen LogP contribution in [0.1, 0.15) is 55.5 Å². The molecule has 0 saturated carbocycles. The molecule has 0 fully saturated rings. The van der Waals surface area contributed by atoms with Gasteiger partial charge in [0, 0.05) is 11.1 Å². The summed E-state index contributed by atoms with van der Waals surface area (Å²) in [4.78, 5) is 40.8. The van der Waals surface area contributed by atoms with Crippen LogP contribution in [0.3, 0.4) is 0 Å². The fourth-order valence-corrected chi connectivity index (χ4v) is 3.79. The second kappa shape index (κ2) is 8.29. The number of nitrogens with zero attached hydrogens (tertiary/aromatic N) is 1. The standard InChI is InChI=1S/C17H18ClN3O4S/c1-4-10-8(3)26-16(12(10)17(24)25-5-2)21-15(23)13-11(18)6-9(7-20-13)14(19)22/h6-7H,4-5H2,1-3H3,(H2,19,22)(H,21,23). The predicted molar refractivity (Wildman–Crippen MR) is 100 cm³/mol. The van der Waals surface area contributed by atoms with Crippen molar-refractivity contribution in [1.82, 2.24) is 4.98 Å². The number of halogens is 1. The summed E-state index contributed by atoms with van der Waals surface area (Å²) in [6.07, 6.45) is 1.80. The lowest BCUT2D eigenvalue weighted by molar-refractivity contribution is 0.0526. The van der Waals surface area contributed by atoms with E-state index in [0.717, 1.165) is 10.4 Å². The number of hydrogen-bond acceptors (Lipinski definition) is 6. The minimum Gasteiger partial charge on any atom is -0.462 e. The molecule has 0 radical (unpaired) electrons. The highest BCUT2D eigenvalue weighted by Crippen LogP contribution is 2.34. The summed E-state index contributed by atoms with van der Waals surface area (Å²) in [7, 11) is 0. The zero-order valence-corrected chi connectivity index (χ0v) is 16.1. The van der Waals surface area contributed by atoms with Crippen molar-refractivity contribution in [2.24, 2.45) is 5.73 Å². The number of pyridine rings is 1. The van der Waals surface area contributed by atoms with Gasteiger partial charge in [0.1, 0.15) is 10.7 Å². The van der Waals surface area contributed by atoms with Gasteiger partial charge >= 0.3 is 5.97 Å².